The average molecular weight is 420 g/mol. The van der Waals surface area contributed by atoms with Crippen LogP contribution in [-0.2, 0) is 25.4 Å². The summed E-state index contributed by atoms with van der Waals surface area (Å²) in [6, 6.07) is 3.22. The Kier molecular flexibility index (Phi) is 12.0. The zero-order chi connectivity index (χ0) is 20.4. The number of hydrogen-bond donors (Lipinski definition) is 3. The third kappa shape index (κ3) is 9.14. The van der Waals surface area contributed by atoms with Crippen LogP contribution in [0.4, 0.5) is 4.79 Å². The van der Waals surface area contributed by atoms with Crippen LogP contribution in [0.25, 0.3) is 0 Å². The molecule has 0 fully saturated rings. The van der Waals surface area contributed by atoms with E-state index in [9.17, 15) is 19.8 Å². The molecule has 0 aliphatic rings. The standard InChI is InChI=1S/C19H29NO7.ClH/c1-4-5-6-9-25-19(24)27-13(3)12(2)26-18(23)15(20)10-14-7-8-16(21)17(22)11-14;/h7-8,11-13,15,21-22H,4-6,9-10,20H2,1-3H3;1H/t12-,13-,15+;/m1./s1. The third-order valence-electron chi connectivity index (χ3n) is 4.01. The molecule has 0 saturated carbocycles. The predicted molar refractivity (Wildman–Crippen MR) is 106 cm³/mol. The lowest BCUT2D eigenvalue weighted by Gasteiger charge is -2.22. The average Bonchev–Trinajstić information content (AvgIpc) is 2.61. The number of ether oxygens (including phenoxy) is 3. The van der Waals surface area contributed by atoms with Gasteiger partial charge in [-0.2, -0.15) is 0 Å². The summed E-state index contributed by atoms with van der Waals surface area (Å²) in [6.45, 7) is 5.52. The summed E-state index contributed by atoms with van der Waals surface area (Å²) < 4.78 is 15.3. The van der Waals surface area contributed by atoms with Gasteiger partial charge in [-0.3, -0.25) is 4.79 Å². The first-order valence-electron chi connectivity index (χ1n) is 9.04. The number of esters is 1. The van der Waals surface area contributed by atoms with Crippen LogP contribution in [0.3, 0.4) is 0 Å². The Labute approximate surface area is 171 Å². The van der Waals surface area contributed by atoms with Crippen LogP contribution in [-0.4, -0.2) is 47.2 Å². The molecule has 0 aliphatic heterocycles. The maximum absolute atomic E-state index is 12.1. The first kappa shape index (κ1) is 25.8. The molecule has 0 unspecified atom stereocenters. The molecule has 0 radical (unpaired) electrons. The highest BCUT2D eigenvalue weighted by Crippen LogP contribution is 2.25. The molecule has 4 N–H and O–H groups in total. The minimum Gasteiger partial charge on any atom is -0.504 e. The van der Waals surface area contributed by atoms with E-state index in [2.05, 4.69) is 0 Å². The van der Waals surface area contributed by atoms with Crippen molar-refractivity contribution in [2.24, 2.45) is 5.73 Å². The maximum Gasteiger partial charge on any atom is 0.508 e. The van der Waals surface area contributed by atoms with E-state index in [-0.39, 0.29) is 36.9 Å². The lowest BCUT2D eigenvalue weighted by molar-refractivity contribution is -0.155. The van der Waals surface area contributed by atoms with Crippen molar-refractivity contribution in [3.63, 3.8) is 0 Å². The van der Waals surface area contributed by atoms with Crippen molar-refractivity contribution < 1.29 is 34.0 Å². The number of unbranched alkanes of at least 4 members (excludes halogenated alkanes) is 2. The normalized spacial score (nSPS) is 13.6. The summed E-state index contributed by atoms with van der Waals surface area (Å²) in [6.07, 6.45) is 0.669. The number of benzene rings is 1. The highest BCUT2D eigenvalue weighted by atomic mass is 35.5. The Hall–Kier alpha value is -2.19. The van der Waals surface area contributed by atoms with Crippen LogP contribution < -0.4 is 5.73 Å². The Balaban J connectivity index is 0.00000729. The van der Waals surface area contributed by atoms with Crippen LogP contribution in [0.2, 0.25) is 0 Å². The van der Waals surface area contributed by atoms with Crippen LogP contribution >= 0.6 is 12.4 Å². The van der Waals surface area contributed by atoms with Gasteiger partial charge in [0.1, 0.15) is 18.2 Å². The zero-order valence-electron chi connectivity index (χ0n) is 16.4. The third-order valence-corrected chi connectivity index (χ3v) is 4.01. The first-order valence-corrected chi connectivity index (χ1v) is 9.04. The highest BCUT2D eigenvalue weighted by molar-refractivity contribution is 5.85. The fourth-order valence-corrected chi connectivity index (χ4v) is 2.19. The first-order chi connectivity index (χ1) is 12.7. The van der Waals surface area contributed by atoms with E-state index < -0.39 is 30.4 Å². The zero-order valence-corrected chi connectivity index (χ0v) is 17.2. The van der Waals surface area contributed by atoms with Crippen LogP contribution in [0.5, 0.6) is 11.5 Å². The van der Waals surface area contributed by atoms with Gasteiger partial charge >= 0.3 is 12.1 Å². The van der Waals surface area contributed by atoms with Crippen molar-refractivity contribution >= 4 is 24.5 Å². The Bertz CT molecular complexity index is 626. The van der Waals surface area contributed by atoms with Gasteiger partial charge in [-0.1, -0.05) is 25.8 Å². The second kappa shape index (κ2) is 13.1. The smallest absolute Gasteiger partial charge is 0.504 e. The van der Waals surface area contributed by atoms with Crippen molar-refractivity contribution in [3.8, 4) is 11.5 Å². The van der Waals surface area contributed by atoms with Crippen molar-refractivity contribution in [2.45, 2.75) is 64.7 Å². The summed E-state index contributed by atoms with van der Waals surface area (Å²) in [4.78, 5) is 23.7. The molecule has 0 bridgehead atoms. The molecule has 0 heterocycles. The molecular weight excluding hydrogens is 390 g/mol. The molecule has 0 spiro atoms. The van der Waals surface area contributed by atoms with Gasteiger partial charge in [-0.15, -0.1) is 12.4 Å². The van der Waals surface area contributed by atoms with E-state index in [0.717, 1.165) is 19.3 Å². The molecular formula is C19H30ClNO7. The Morgan fingerprint density at radius 2 is 1.71 bits per heavy atom. The minimum atomic E-state index is -0.968. The quantitative estimate of drug-likeness (QED) is 0.300. The number of phenols is 2. The number of carbonyl (C=O) groups excluding carboxylic acids is 2. The van der Waals surface area contributed by atoms with Crippen molar-refractivity contribution in [1.29, 1.82) is 0 Å². The number of carbonyl (C=O) groups is 2. The Morgan fingerprint density at radius 3 is 2.32 bits per heavy atom. The van der Waals surface area contributed by atoms with Crippen LogP contribution in [0.1, 0.15) is 45.6 Å². The summed E-state index contributed by atoms with van der Waals surface area (Å²) in [5.41, 5.74) is 6.40. The molecule has 1 rings (SSSR count). The van der Waals surface area contributed by atoms with E-state index in [1.54, 1.807) is 19.9 Å². The molecule has 3 atom stereocenters. The molecule has 9 heteroatoms. The van der Waals surface area contributed by atoms with Gasteiger partial charge in [-0.25, -0.2) is 4.79 Å². The van der Waals surface area contributed by atoms with Gasteiger partial charge in [0.2, 0.25) is 0 Å². The van der Waals surface area contributed by atoms with E-state index in [1.807, 2.05) is 6.92 Å². The van der Waals surface area contributed by atoms with Crippen molar-refractivity contribution in [3.05, 3.63) is 23.8 Å². The molecule has 1 aromatic carbocycles. The number of aromatic hydroxyl groups is 2. The summed E-state index contributed by atoms with van der Waals surface area (Å²) in [5, 5.41) is 18.8. The SMILES string of the molecule is CCCCCOC(=O)O[C@H](C)[C@@H](C)OC(=O)[C@@H](N)Cc1ccc(O)c(O)c1.Cl. The molecule has 0 aromatic heterocycles. The summed E-state index contributed by atoms with van der Waals surface area (Å²) in [7, 11) is 0. The monoisotopic (exact) mass is 419 g/mol. The number of hydrogen-bond acceptors (Lipinski definition) is 8. The molecule has 0 aliphatic carbocycles. The fourth-order valence-electron chi connectivity index (χ4n) is 2.19. The topological polar surface area (TPSA) is 128 Å². The lowest BCUT2D eigenvalue weighted by Crippen LogP contribution is -2.39. The van der Waals surface area contributed by atoms with Crippen LogP contribution in [0.15, 0.2) is 18.2 Å². The van der Waals surface area contributed by atoms with E-state index in [4.69, 9.17) is 19.9 Å². The van der Waals surface area contributed by atoms with E-state index in [0.29, 0.717) is 5.56 Å². The number of phenolic OH excluding ortho intramolecular Hbond substituents is 2. The fraction of sp³-hybridized carbons (Fsp3) is 0.579. The number of rotatable bonds is 10. The number of nitrogens with two attached hydrogens (primary N) is 1. The summed E-state index contributed by atoms with van der Waals surface area (Å²) >= 11 is 0. The van der Waals surface area contributed by atoms with Gasteiger partial charge in [0.05, 0.1) is 6.61 Å². The molecule has 28 heavy (non-hydrogen) atoms. The maximum atomic E-state index is 12.1. The largest absolute Gasteiger partial charge is 0.508 e. The number of halogens is 1. The van der Waals surface area contributed by atoms with Gasteiger partial charge in [0.15, 0.2) is 11.5 Å². The Morgan fingerprint density at radius 1 is 1.07 bits per heavy atom. The predicted octanol–water partition coefficient (Wildman–Crippen LogP) is 3.05. The second-order valence-corrected chi connectivity index (χ2v) is 6.40. The molecule has 0 amide bonds. The molecule has 160 valence electrons. The van der Waals surface area contributed by atoms with Crippen LogP contribution in [0, 0.1) is 0 Å². The van der Waals surface area contributed by atoms with Crippen molar-refractivity contribution in [1.82, 2.24) is 0 Å². The highest BCUT2D eigenvalue weighted by Gasteiger charge is 2.24. The van der Waals surface area contributed by atoms with Gasteiger partial charge in [0.25, 0.3) is 0 Å². The molecule has 8 nitrogen and oxygen atoms in total. The lowest BCUT2D eigenvalue weighted by atomic mass is 10.1. The molecule has 1 aromatic rings. The van der Waals surface area contributed by atoms with Gasteiger partial charge in [0, 0.05) is 0 Å². The van der Waals surface area contributed by atoms with Crippen molar-refractivity contribution in [2.75, 3.05) is 6.61 Å². The molecule has 0 saturated heterocycles. The van der Waals surface area contributed by atoms with E-state index in [1.165, 1.54) is 12.1 Å². The van der Waals surface area contributed by atoms with E-state index >= 15 is 0 Å². The van der Waals surface area contributed by atoms with Gasteiger partial charge < -0.3 is 30.2 Å². The second-order valence-electron chi connectivity index (χ2n) is 6.40. The summed E-state index contributed by atoms with van der Waals surface area (Å²) in [5.74, 6) is -1.21. The minimum absolute atomic E-state index is 0. The van der Waals surface area contributed by atoms with Gasteiger partial charge in [-0.05, 0) is 44.4 Å².